The first-order valence-corrected chi connectivity index (χ1v) is 9.11. The second kappa shape index (κ2) is 8.72. The lowest BCUT2D eigenvalue weighted by molar-refractivity contribution is 0.0717. The van der Waals surface area contributed by atoms with Crippen molar-refractivity contribution in [2.24, 2.45) is 0 Å². The van der Waals surface area contributed by atoms with Crippen molar-refractivity contribution >= 4 is 28.8 Å². The third kappa shape index (κ3) is 4.99. The van der Waals surface area contributed by atoms with Gasteiger partial charge in [-0.25, -0.2) is 0 Å². The predicted octanol–water partition coefficient (Wildman–Crippen LogP) is 4.52. The molecule has 2 aromatic carbocycles. The van der Waals surface area contributed by atoms with Crippen LogP contribution in [0.15, 0.2) is 54.6 Å². The van der Waals surface area contributed by atoms with Crippen LogP contribution < -0.4 is 4.74 Å². The van der Waals surface area contributed by atoms with Crippen LogP contribution in [0.3, 0.4) is 0 Å². The molecule has 0 fully saturated rings. The Morgan fingerprint density at radius 3 is 2.40 bits per heavy atom. The fourth-order valence-corrected chi connectivity index (χ4v) is 3.45. The van der Waals surface area contributed by atoms with E-state index in [4.69, 9.17) is 27.9 Å². The van der Waals surface area contributed by atoms with Crippen molar-refractivity contribution in [1.82, 2.24) is 4.90 Å². The third-order valence-electron chi connectivity index (χ3n) is 4.25. The van der Waals surface area contributed by atoms with Gasteiger partial charge in [0.2, 0.25) is 0 Å². The van der Waals surface area contributed by atoms with E-state index in [0.717, 1.165) is 19.5 Å². The molecule has 5 heteroatoms. The Kier molecular flexibility index (Phi) is 6.38. The van der Waals surface area contributed by atoms with Crippen LogP contribution in [0.2, 0.25) is 10.0 Å². The Balaban J connectivity index is 1.49. The number of hydrogen-bond donors (Lipinski definition) is 1. The molecule has 0 radical (unpaired) electrons. The van der Waals surface area contributed by atoms with E-state index < -0.39 is 6.10 Å². The van der Waals surface area contributed by atoms with Crippen molar-refractivity contribution in [3.63, 3.8) is 0 Å². The largest absolute Gasteiger partial charge is 0.488 e. The van der Waals surface area contributed by atoms with E-state index in [1.54, 1.807) is 18.2 Å². The highest BCUT2D eigenvalue weighted by Crippen LogP contribution is 2.32. The summed E-state index contributed by atoms with van der Waals surface area (Å²) in [6, 6.07) is 15.6. The van der Waals surface area contributed by atoms with E-state index in [-0.39, 0.29) is 6.61 Å². The Labute approximate surface area is 158 Å². The first kappa shape index (κ1) is 18.3. The van der Waals surface area contributed by atoms with Gasteiger partial charge in [0, 0.05) is 19.6 Å². The number of aliphatic hydroxyl groups excluding tert-OH is 1. The number of aliphatic hydroxyl groups is 1. The summed E-state index contributed by atoms with van der Waals surface area (Å²) in [6.45, 7) is 2.47. The monoisotopic (exact) mass is 377 g/mol. The number of nitrogens with zero attached hydrogens (tertiary/aromatic N) is 1. The van der Waals surface area contributed by atoms with E-state index in [2.05, 4.69) is 35.2 Å². The van der Waals surface area contributed by atoms with Crippen LogP contribution in [-0.4, -0.2) is 42.4 Å². The SMILES string of the molecule is O[C@H](COc1c(Cl)cccc1Cl)CN1CC=C(c2ccccc2)CC1. The number of hydrogen-bond acceptors (Lipinski definition) is 3. The van der Waals surface area contributed by atoms with Crippen LogP contribution in [0.1, 0.15) is 12.0 Å². The summed E-state index contributed by atoms with van der Waals surface area (Å²) in [5.41, 5.74) is 2.64. The fourth-order valence-electron chi connectivity index (χ4n) is 2.94. The number of para-hydroxylation sites is 1. The average molecular weight is 378 g/mol. The molecule has 1 N–H and O–H groups in total. The number of benzene rings is 2. The quantitative estimate of drug-likeness (QED) is 0.802. The molecule has 1 aliphatic rings. The maximum atomic E-state index is 10.3. The van der Waals surface area contributed by atoms with E-state index in [1.165, 1.54) is 11.1 Å². The average Bonchev–Trinajstić information content (AvgIpc) is 2.63. The molecule has 1 atom stereocenters. The summed E-state index contributed by atoms with van der Waals surface area (Å²) >= 11 is 12.1. The first-order valence-electron chi connectivity index (χ1n) is 8.35. The smallest absolute Gasteiger partial charge is 0.156 e. The Morgan fingerprint density at radius 2 is 1.76 bits per heavy atom. The van der Waals surface area contributed by atoms with Gasteiger partial charge >= 0.3 is 0 Å². The lowest BCUT2D eigenvalue weighted by Crippen LogP contribution is -2.38. The summed E-state index contributed by atoms with van der Waals surface area (Å²) in [5, 5.41) is 11.2. The van der Waals surface area contributed by atoms with Crippen LogP contribution in [0.25, 0.3) is 5.57 Å². The molecule has 1 heterocycles. The van der Waals surface area contributed by atoms with Crippen molar-refractivity contribution in [2.45, 2.75) is 12.5 Å². The van der Waals surface area contributed by atoms with Gasteiger partial charge in [-0.1, -0.05) is 65.7 Å². The zero-order chi connectivity index (χ0) is 17.6. The molecule has 3 rings (SSSR count). The minimum Gasteiger partial charge on any atom is -0.488 e. The Bertz CT molecular complexity index is 713. The summed E-state index contributed by atoms with van der Waals surface area (Å²) < 4.78 is 5.61. The van der Waals surface area contributed by atoms with Gasteiger partial charge < -0.3 is 9.84 Å². The molecular formula is C20H21Cl2NO2. The van der Waals surface area contributed by atoms with Crippen LogP contribution >= 0.6 is 23.2 Å². The zero-order valence-corrected chi connectivity index (χ0v) is 15.4. The second-order valence-electron chi connectivity index (χ2n) is 6.12. The molecule has 3 nitrogen and oxygen atoms in total. The summed E-state index contributed by atoms with van der Waals surface area (Å²) in [5.74, 6) is 0.426. The van der Waals surface area contributed by atoms with E-state index in [1.807, 2.05) is 6.07 Å². The van der Waals surface area contributed by atoms with E-state index in [0.29, 0.717) is 22.3 Å². The summed E-state index contributed by atoms with van der Waals surface area (Å²) in [7, 11) is 0. The first-order chi connectivity index (χ1) is 12.1. The fraction of sp³-hybridized carbons (Fsp3) is 0.300. The van der Waals surface area contributed by atoms with E-state index in [9.17, 15) is 5.11 Å². The molecule has 132 valence electrons. The van der Waals surface area contributed by atoms with Crippen LogP contribution in [0, 0.1) is 0 Å². The lowest BCUT2D eigenvalue weighted by atomic mass is 9.99. The topological polar surface area (TPSA) is 32.7 Å². The number of halogens is 2. The molecule has 0 bridgehead atoms. The van der Waals surface area contributed by atoms with Gasteiger partial charge in [-0.3, -0.25) is 4.90 Å². The van der Waals surface area contributed by atoms with Crippen molar-refractivity contribution in [3.05, 3.63) is 70.2 Å². The molecule has 0 spiro atoms. The highest BCUT2D eigenvalue weighted by Gasteiger charge is 2.17. The molecule has 2 aromatic rings. The number of rotatable bonds is 6. The van der Waals surface area contributed by atoms with Crippen molar-refractivity contribution in [2.75, 3.05) is 26.2 Å². The second-order valence-corrected chi connectivity index (χ2v) is 6.93. The zero-order valence-electron chi connectivity index (χ0n) is 13.9. The van der Waals surface area contributed by atoms with Crippen molar-refractivity contribution in [3.8, 4) is 5.75 Å². The van der Waals surface area contributed by atoms with Gasteiger partial charge in [0.15, 0.2) is 5.75 Å². The molecule has 0 unspecified atom stereocenters. The van der Waals surface area contributed by atoms with Gasteiger partial charge in [-0.15, -0.1) is 0 Å². The summed E-state index contributed by atoms with van der Waals surface area (Å²) in [6.07, 6.45) is 2.62. The molecule has 1 aliphatic heterocycles. The Morgan fingerprint density at radius 1 is 1.04 bits per heavy atom. The van der Waals surface area contributed by atoms with Gasteiger partial charge in [-0.2, -0.15) is 0 Å². The Hall–Kier alpha value is -1.52. The maximum Gasteiger partial charge on any atom is 0.156 e. The number of β-amino-alcohol motifs (C(OH)–C–C–N with tert-alkyl or cyclic N) is 1. The standard InChI is InChI=1S/C20H21Cl2NO2/c21-18-7-4-8-19(22)20(18)25-14-17(24)13-23-11-9-16(10-12-23)15-5-2-1-3-6-15/h1-9,17,24H,10-14H2/t17-/m0/s1. The van der Waals surface area contributed by atoms with Gasteiger partial charge in [-0.05, 0) is 29.7 Å². The highest BCUT2D eigenvalue weighted by molar-refractivity contribution is 6.37. The highest BCUT2D eigenvalue weighted by atomic mass is 35.5. The molecule has 0 saturated carbocycles. The van der Waals surface area contributed by atoms with Crippen molar-refractivity contribution < 1.29 is 9.84 Å². The molecule has 0 aliphatic carbocycles. The lowest BCUT2D eigenvalue weighted by Gasteiger charge is -2.28. The predicted molar refractivity (Wildman–Crippen MR) is 103 cm³/mol. The van der Waals surface area contributed by atoms with Gasteiger partial charge in [0.25, 0.3) is 0 Å². The molecular weight excluding hydrogens is 357 g/mol. The minimum atomic E-state index is -0.598. The normalized spacial score (nSPS) is 16.4. The summed E-state index contributed by atoms with van der Waals surface area (Å²) in [4.78, 5) is 2.22. The van der Waals surface area contributed by atoms with Crippen LogP contribution in [0.4, 0.5) is 0 Å². The number of ether oxygens (including phenoxy) is 1. The van der Waals surface area contributed by atoms with Crippen molar-refractivity contribution in [1.29, 1.82) is 0 Å². The van der Waals surface area contributed by atoms with Gasteiger partial charge in [0.05, 0.1) is 10.0 Å². The third-order valence-corrected chi connectivity index (χ3v) is 4.84. The molecule has 0 amide bonds. The minimum absolute atomic E-state index is 0.162. The maximum absolute atomic E-state index is 10.3. The molecule has 25 heavy (non-hydrogen) atoms. The van der Waals surface area contributed by atoms with E-state index >= 15 is 0 Å². The molecule has 0 saturated heterocycles. The molecule has 0 aromatic heterocycles. The van der Waals surface area contributed by atoms with Crippen LogP contribution in [0.5, 0.6) is 5.75 Å². The van der Waals surface area contributed by atoms with Crippen LogP contribution in [-0.2, 0) is 0 Å². The van der Waals surface area contributed by atoms with Gasteiger partial charge in [0.1, 0.15) is 12.7 Å².